The molecule has 17 heavy (non-hydrogen) atoms. The number of ether oxygens (including phenoxy) is 1. The highest BCUT2D eigenvalue weighted by Crippen LogP contribution is 2.08. The third-order valence-corrected chi connectivity index (χ3v) is 2.75. The predicted octanol–water partition coefficient (Wildman–Crippen LogP) is 4.64. The third-order valence-electron chi connectivity index (χ3n) is 2.75. The van der Waals surface area contributed by atoms with Crippen LogP contribution >= 0.6 is 0 Å². The van der Waals surface area contributed by atoms with Crippen molar-refractivity contribution in [2.45, 2.75) is 71.6 Å². The van der Waals surface area contributed by atoms with Gasteiger partial charge in [-0.15, -0.1) is 0 Å². The van der Waals surface area contributed by atoms with Crippen molar-refractivity contribution < 1.29 is 9.53 Å². The molecule has 0 rings (SSSR count). The van der Waals surface area contributed by atoms with Gasteiger partial charge in [-0.05, 0) is 32.6 Å². The minimum atomic E-state index is -0.0210. The van der Waals surface area contributed by atoms with Crippen LogP contribution in [0.5, 0.6) is 0 Å². The number of allylic oxidation sites excluding steroid dienone is 2. The quantitative estimate of drug-likeness (QED) is 0.299. The standard InChI is InChI=1S/C15H28O2/c1-3-5-7-8-9-10-11-12-13-15(16)17-14-6-4-2/h3,5H,4,6-14H2,1-2H3/b5-3-. The summed E-state index contributed by atoms with van der Waals surface area (Å²) < 4.78 is 5.09. The second kappa shape index (κ2) is 13.3. The molecule has 0 bridgehead atoms. The highest BCUT2D eigenvalue weighted by molar-refractivity contribution is 5.69. The van der Waals surface area contributed by atoms with E-state index in [9.17, 15) is 4.79 Å². The topological polar surface area (TPSA) is 26.3 Å². The molecule has 0 saturated heterocycles. The lowest BCUT2D eigenvalue weighted by molar-refractivity contribution is -0.143. The first-order valence-corrected chi connectivity index (χ1v) is 7.08. The molecule has 0 aromatic carbocycles. The van der Waals surface area contributed by atoms with Crippen LogP contribution in [0.3, 0.4) is 0 Å². The minimum absolute atomic E-state index is 0.0210. The number of carbonyl (C=O) groups is 1. The van der Waals surface area contributed by atoms with Gasteiger partial charge in [-0.3, -0.25) is 4.79 Å². The van der Waals surface area contributed by atoms with Crippen LogP contribution in [0.25, 0.3) is 0 Å². The first kappa shape index (κ1) is 16.2. The molecule has 0 heterocycles. The molecule has 0 N–H and O–H groups in total. The molecule has 0 aromatic heterocycles. The third kappa shape index (κ3) is 13.1. The van der Waals surface area contributed by atoms with Crippen molar-refractivity contribution in [1.29, 1.82) is 0 Å². The molecule has 0 radical (unpaired) electrons. The van der Waals surface area contributed by atoms with Crippen LogP contribution < -0.4 is 0 Å². The van der Waals surface area contributed by atoms with E-state index >= 15 is 0 Å². The van der Waals surface area contributed by atoms with Crippen molar-refractivity contribution in [3.63, 3.8) is 0 Å². The Hall–Kier alpha value is -0.790. The van der Waals surface area contributed by atoms with Crippen molar-refractivity contribution in [3.05, 3.63) is 12.2 Å². The molecular formula is C15H28O2. The number of hydrogen-bond donors (Lipinski definition) is 0. The Labute approximate surface area is 106 Å². The largest absolute Gasteiger partial charge is 0.466 e. The zero-order valence-electron chi connectivity index (χ0n) is 11.5. The average Bonchev–Trinajstić information content (AvgIpc) is 2.33. The van der Waals surface area contributed by atoms with Gasteiger partial charge in [0.05, 0.1) is 6.61 Å². The zero-order valence-corrected chi connectivity index (χ0v) is 11.5. The molecule has 0 aliphatic carbocycles. The average molecular weight is 240 g/mol. The molecule has 0 unspecified atom stereocenters. The van der Waals surface area contributed by atoms with Gasteiger partial charge >= 0.3 is 5.97 Å². The van der Waals surface area contributed by atoms with E-state index in [1.807, 2.05) is 0 Å². The van der Waals surface area contributed by atoms with Gasteiger partial charge in [0.2, 0.25) is 0 Å². The first-order valence-electron chi connectivity index (χ1n) is 7.08. The van der Waals surface area contributed by atoms with E-state index < -0.39 is 0 Å². The van der Waals surface area contributed by atoms with Crippen molar-refractivity contribution in [2.75, 3.05) is 6.61 Å². The molecule has 0 aromatic rings. The fourth-order valence-corrected chi connectivity index (χ4v) is 1.63. The molecule has 0 aliphatic rings. The summed E-state index contributed by atoms with van der Waals surface area (Å²) in [5, 5.41) is 0. The number of carbonyl (C=O) groups excluding carboxylic acids is 1. The Kier molecular flexibility index (Phi) is 12.7. The summed E-state index contributed by atoms with van der Waals surface area (Å²) in [7, 11) is 0. The summed E-state index contributed by atoms with van der Waals surface area (Å²) in [6, 6.07) is 0. The fourth-order valence-electron chi connectivity index (χ4n) is 1.63. The van der Waals surface area contributed by atoms with Gasteiger partial charge in [0.1, 0.15) is 0 Å². The van der Waals surface area contributed by atoms with E-state index in [1.54, 1.807) is 0 Å². The van der Waals surface area contributed by atoms with Crippen molar-refractivity contribution >= 4 is 5.97 Å². The smallest absolute Gasteiger partial charge is 0.305 e. The Morgan fingerprint density at radius 2 is 1.76 bits per heavy atom. The Morgan fingerprint density at radius 1 is 1.06 bits per heavy atom. The van der Waals surface area contributed by atoms with Crippen LogP contribution in [0.15, 0.2) is 12.2 Å². The molecule has 0 fully saturated rings. The SMILES string of the molecule is C/C=C\CCCCCCCC(=O)OCCCC. The fraction of sp³-hybridized carbons (Fsp3) is 0.800. The second-order valence-electron chi connectivity index (χ2n) is 4.45. The van der Waals surface area contributed by atoms with Crippen LogP contribution in [0.1, 0.15) is 71.6 Å². The number of unbranched alkanes of at least 4 members (excludes halogenated alkanes) is 6. The van der Waals surface area contributed by atoms with Gasteiger partial charge in [0.25, 0.3) is 0 Å². The maximum atomic E-state index is 11.3. The van der Waals surface area contributed by atoms with Crippen molar-refractivity contribution in [2.24, 2.45) is 0 Å². The molecule has 0 aliphatic heterocycles. The maximum Gasteiger partial charge on any atom is 0.305 e. The normalized spacial score (nSPS) is 10.9. The molecule has 0 amide bonds. The highest BCUT2D eigenvalue weighted by atomic mass is 16.5. The number of esters is 1. The van der Waals surface area contributed by atoms with Crippen LogP contribution in [0.4, 0.5) is 0 Å². The van der Waals surface area contributed by atoms with E-state index in [-0.39, 0.29) is 5.97 Å². The molecule has 2 heteroatoms. The number of rotatable bonds is 11. The summed E-state index contributed by atoms with van der Waals surface area (Å²) in [4.78, 5) is 11.3. The van der Waals surface area contributed by atoms with Gasteiger partial charge in [-0.25, -0.2) is 0 Å². The summed E-state index contributed by atoms with van der Waals surface area (Å²) >= 11 is 0. The molecule has 0 spiro atoms. The Morgan fingerprint density at radius 3 is 2.47 bits per heavy atom. The molecule has 0 saturated carbocycles. The van der Waals surface area contributed by atoms with Gasteiger partial charge in [-0.1, -0.05) is 44.8 Å². The van der Waals surface area contributed by atoms with Gasteiger partial charge < -0.3 is 4.74 Å². The van der Waals surface area contributed by atoms with Gasteiger partial charge in [0, 0.05) is 6.42 Å². The van der Waals surface area contributed by atoms with Gasteiger partial charge in [0.15, 0.2) is 0 Å². The summed E-state index contributed by atoms with van der Waals surface area (Å²) in [6.07, 6.45) is 14.1. The molecule has 0 atom stereocenters. The monoisotopic (exact) mass is 240 g/mol. The lowest BCUT2D eigenvalue weighted by Gasteiger charge is -2.03. The molecule has 100 valence electrons. The lowest BCUT2D eigenvalue weighted by atomic mass is 10.1. The van der Waals surface area contributed by atoms with Crippen molar-refractivity contribution in [1.82, 2.24) is 0 Å². The van der Waals surface area contributed by atoms with Gasteiger partial charge in [-0.2, -0.15) is 0 Å². The molecule has 2 nitrogen and oxygen atoms in total. The molecular weight excluding hydrogens is 212 g/mol. The van der Waals surface area contributed by atoms with Crippen LogP contribution in [0.2, 0.25) is 0 Å². The number of hydrogen-bond acceptors (Lipinski definition) is 2. The Bertz CT molecular complexity index is 197. The van der Waals surface area contributed by atoms with E-state index in [2.05, 4.69) is 26.0 Å². The maximum absolute atomic E-state index is 11.3. The first-order chi connectivity index (χ1) is 8.31. The van der Waals surface area contributed by atoms with Crippen molar-refractivity contribution in [3.8, 4) is 0 Å². The van der Waals surface area contributed by atoms with Crippen LogP contribution in [-0.2, 0) is 9.53 Å². The van der Waals surface area contributed by atoms with Crippen LogP contribution in [-0.4, -0.2) is 12.6 Å². The highest BCUT2D eigenvalue weighted by Gasteiger charge is 2.01. The second-order valence-corrected chi connectivity index (χ2v) is 4.45. The summed E-state index contributed by atoms with van der Waals surface area (Å²) in [6.45, 7) is 4.75. The predicted molar refractivity (Wildman–Crippen MR) is 73.0 cm³/mol. The Balaban J connectivity index is 3.13. The van der Waals surface area contributed by atoms with E-state index in [1.165, 1.54) is 25.7 Å². The summed E-state index contributed by atoms with van der Waals surface area (Å²) in [5.41, 5.74) is 0. The summed E-state index contributed by atoms with van der Waals surface area (Å²) in [5.74, 6) is -0.0210. The van der Waals surface area contributed by atoms with E-state index in [0.29, 0.717) is 13.0 Å². The van der Waals surface area contributed by atoms with E-state index in [0.717, 1.165) is 25.7 Å². The lowest BCUT2D eigenvalue weighted by Crippen LogP contribution is -2.05. The zero-order chi connectivity index (χ0) is 12.8. The van der Waals surface area contributed by atoms with E-state index in [4.69, 9.17) is 4.74 Å². The minimum Gasteiger partial charge on any atom is -0.466 e. The van der Waals surface area contributed by atoms with Crippen LogP contribution in [0, 0.1) is 0 Å².